The van der Waals surface area contributed by atoms with Gasteiger partial charge in [-0.15, -0.1) is 0 Å². The monoisotopic (exact) mass is 294 g/mol. The molecule has 0 bridgehead atoms. The minimum Gasteiger partial charge on any atom is -0.340 e. The van der Waals surface area contributed by atoms with Crippen molar-refractivity contribution in [3.63, 3.8) is 0 Å². The third-order valence-electron chi connectivity index (χ3n) is 5.53. The van der Waals surface area contributed by atoms with Crippen molar-refractivity contribution in [1.82, 2.24) is 9.80 Å². The van der Waals surface area contributed by atoms with E-state index >= 15 is 0 Å². The van der Waals surface area contributed by atoms with Crippen LogP contribution >= 0.6 is 0 Å². The lowest BCUT2D eigenvalue weighted by molar-refractivity contribution is -0.136. The lowest BCUT2D eigenvalue weighted by atomic mass is 9.77. The molecule has 0 N–H and O–H groups in total. The van der Waals surface area contributed by atoms with Crippen molar-refractivity contribution < 1.29 is 4.79 Å². The third kappa shape index (κ3) is 4.70. The molecule has 0 atom stereocenters. The van der Waals surface area contributed by atoms with Crippen molar-refractivity contribution in [3.8, 4) is 0 Å². The fourth-order valence-corrected chi connectivity index (χ4v) is 3.92. The van der Waals surface area contributed by atoms with E-state index < -0.39 is 0 Å². The first kappa shape index (κ1) is 16.8. The quantitative estimate of drug-likeness (QED) is 0.794. The number of hydrogen-bond donors (Lipinski definition) is 0. The first-order valence-corrected chi connectivity index (χ1v) is 8.98. The summed E-state index contributed by atoms with van der Waals surface area (Å²) in [6, 6.07) is 0. The third-order valence-corrected chi connectivity index (χ3v) is 5.53. The van der Waals surface area contributed by atoms with Gasteiger partial charge in [0.15, 0.2) is 0 Å². The summed E-state index contributed by atoms with van der Waals surface area (Å²) in [4.78, 5) is 16.6. The lowest BCUT2D eigenvalue weighted by Gasteiger charge is -2.39. The molecular formula is C18H34N2O. The Morgan fingerprint density at radius 1 is 0.952 bits per heavy atom. The molecule has 0 radical (unpaired) electrons. The number of carbonyl (C=O) groups is 1. The molecule has 1 amide bonds. The van der Waals surface area contributed by atoms with Gasteiger partial charge in [0, 0.05) is 38.6 Å². The Hall–Kier alpha value is -0.570. The van der Waals surface area contributed by atoms with Crippen LogP contribution in [-0.4, -0.2) is 48.4 Å². The summed E-state index contributed by atoms with van der Waals surface area (Å²) in [5.74, 6) is 3.18. The Kier molecular flexibility index (Phi) is 6.09. The highest BCUT2D eigenvalue weighted by Gasteiger charge is 2.27. The van der Waals surface area contributed by atoms with Gasteiger partial charge in [0.1, 0.15) is 0 Å². The summed E-state index contributed by atoms with van der Waals surface area (Å²) >= 11 is 0. The molecule has 0 aromatic heterocycles. The van der Waals surface area contributed by atoms with Crippen LogP contribution in [0.1, 0.15) is 53.4 Å². The molecule has 21 heavy (non-hydrogen) atoms. The predicted molar refractivity (Wildman–Crippen MR) is 88.1 cm³/mol. The summed E-state index contributed by atoms with van der Waals surface area (Å²) in [7, 11) is 0. The van der Waals surface area contributed by atoms with Crippen LogP contribution < -0.4 is 0 Å². The van der Waals surface area contributed by atoms with Crippen LogP contribution in [-0.2, 0) is 4.79 Å². The lowest BCUT2D eigenvalue weighted by Crippen LogP contribution is -2.50. The zero-order valence-corrected chi connectivity index (χ0v) is 14.5. The van der Waals surface area contributed by atoms with Crippen molar-refractivity contribution in [1.29, 1.82) is 0 Å². The van der Waals surface area contributed by atoms with Gasteiger partial charge in [-0.25, -0.2) is 0 Å². The van der Waals surface area contributed by atoms with Gasteiger partial charge in [-0.3, -0.25) is 9.69 Å². The molecule has 0 unspecified atom stereocenters. The van der Waals surface area contributed by atoms with Crippen molar-refractivity contribution in [3.05, 3.63) is 0 Å². The Bertz CT molecular complexity index is 324. The topological polar surface area (TPSA) is 23.6 Å². The van der Waals surface area contributed by atoms with E-state index in [-0.39, 0.29) is 5.92 Å². The molecule has 1 aliphatic heterocycles. The van der Waals surface area contributed by atoms with E-state index in [0.29, 0.717) is 5.91 Å². The van der Waals surface area contributed by atoms with Crippen LogP contribution in [0.15, 0.2) is 0 Å². The highest BCUT2D eigenvalue weighted by atomic mass is 16.2. The average Bonchev–Trinajstić information content (AvgIpc) is 2.47. The summed E-state index contributed by atoms with van der Waals surface area (Å²) in [6.07, 6.45) is 5.67. The van der Waals surface area contributed by atoms with Crippen molar-refractivity contribution in [2.24, 2.45) is 23.7 Å². The summed E-state index contributed by atoms with van der Waals surface area (Å²) < 4.78 is 0. The average molecular weight is 294 g/mol. The van der Waals surface area contributed by atoms with Gasteiger partial charge in [-0.2, -0.15) is 0 Å². The number of hydrogen-bond acceptors (Lipinski definition) is 2. The SMILES string of the molecule is CC(C)C(=O)N1CCN(CC2CCC(C(C)C)CC2)CC1. The molecule has 3 heteroatoms. The molecule has 2 rings (SSSR count). The van der Waals surface area contributed by atoms with Crippen LogP contribution in [0.2, 0.25) is 0 Å². The standard InChI is InChI=1S/C18H34N2O/c1-14(2)17-7-5-16(6-8-17)13-19-9-11-20(12-10-19)18(21)15(3)4/h14-17H,5-13H2,1-4H3. The fourth-order valence-electron chi connectivity index (χ4n) is 3.92. The van der Waals surface area contributed by atoms with Gasteiger partial charge in [0.05, 0.1) is 0 Å². The molecule has 1 saturated heterocycles. The largest absolute Gasteiger partial charge is 0.340 e. The van der Waals surface area contributed by atoms with Crippen LogP contribution in [0.25, 0.3) is 0 Å². The fraction of sp³-hybridized carbons (Fsp3) is 0.944. The van der Waals surface area contributed by atoms with Crippen LogP contribution in [0, 0.1) is 23.7 Å². The van der Waals surface area contributed by atoms with Crippen LogP contribution in [0.3, 0.4) is 0 Å². The van der Waals surface area contributed by atoms with Gasteiger partial charge < -0.3 is 4.90 Å². The normalized spacial score (nSPS) is 28.4. The molecule has 2 fully saturated rings. The number of amides is 1. The number of piperazine rings is 1. The van der Waals surface area contributed by atoms with Gasteiger partial charge >= 0.3 is 0 Å². The first-order valence-electron chi connectivity index (χ1n) is 8.98. The predicted octanol–water partition coefficient (Wildman–Crippen LogP) is 3.25. The van der Waals surface area contributed by atoms with Gasteiger partial charge in [0.2, 0.25) is 5.91 Å². The van der Waals surface area contributed by atoms with E-state index in [1.165, 1.54) is 32.2 Å². The second-order valence-corrected chi connectivity index (χ2v) is 7.81. The van der Waals surface area contributed by atoms with Crippen LogP contribution in [0.5, 0.6) is 0 Å². The Morgan fingerprint density at radius 3 is 2.00 bits per heavy atom. The second kappa shape index (κ2) is 7.62. The molecule has 1 heterocycles. The maximum absolute atomic E-state index is 12.0. The van der Waals surface area contributed by atoms with Crippen LogP contribution in [0.4, 0.5) is 0 Å². The summed E-state index contributed by atoms with van der Waals surface area (Å²) in [5, 5.41) is 0. The molecular weight excluding hydrogens is 260 g/mol. The number of rotatable bonds is 4. The maximum atomic E-state index is 12.0. The zero-order valence-electron chi connectivity index (χ0n) is 14.5. The Labute approximate surface area is 131 Å². The molecule has 3 nitrogen and oxygen atoms in total. The second-order valence-electron chi connectivity index (χ2n) is 7.81. The van der Waals surface area contributed by atoms with E-state index in [2.05, 4.69) is 23.6 Å². The smallest absolute Gasteiger partial charge is 0.225 e. The molecule has 1 saturated carbocycles. The Balaban J connectivity index is 1.69. The minimum absolute atomic E-state index is 0.142. The highest BCUT2D eigenvalue weighted by molar-refractivity contribution is 5.78. The molecule has 122 valence electrons. The number of carbonyl (C=O) groups excluding carboxylic acids is 1. The highest BCUT2D eigenvalue weighted by Crippen LogP contribution is 2.33. The molecule has 0 aromatic carbocycles. The molecule has 2 aliphatic rings. The van der Waals surface area contributed by atoms with Gasteiger partial charge in [-0.05, 0) is 43.4 Å². The number of nitrogens with zero attached hydrogens (tertiary/aromatic N) is 2. The molecule has 0 aromatic rings. The van der Waals surface area contributed by atoms with E-state index in [9.17, 15) is 4.79 Å². The summed E-state index contributed by atoms with van der Waals surface area (Å²) in [5.41, 5.74) is 0. The van der Waals surface area contributed by atoms with Crippen molar-refractivity contribution in [2.75, 3.05) is 32.7 Å². The maximum Gasteiger partial charge on any atom is 0.225 e. The van der Waals surface area contributed by atoms with Crippen molar-refractivity contribution >= 4 is 5.91 Å². The minimum atomic E-state index is 0.142. The van der Waals surface area contributed by atoms with E-state index in [4.69, 9.17) is 0 Å². The molecule has 1 aliphatic carbocycles. The molecule has 0 spiro atoms. The van der Waals surface area contributed by atoms with Gasteiger partial charge in [-0.1, -0.05) is 27.7 Å². The van der Waals surface area contributed by atoms with E-state index in [1.54, 1.807) is 0 Å². The Morgan fingerprint density at radius 2 is 1.52 bits per heavy atom. The van der Waals surface area contributed by atoms with Gasteiger partial charge in [0.25, 0.3) is 0 Å². The zero-order chi connectivity index (χ0) is 15.4. The first-order chi connectivity index (χ1) is 9.97. The van der Waals surface area contributed by atoms with Crippen molar-refractivity contribution in [2.45, 2.75) is 53.4 Å². The van der Waals surface area contributed by atoms with E-state index in [1.807, 2.05) is 13.8 Å². The summed E-state index contributed by atoms with van der Waals surface area (Å²) in [6.45, 7) is 14.0. The van der Waals surface area contributed by atoms with E-state index in [0.717, 1.165) is 43.9 Å².